The number of halogens is 2. The highest BCUT2D eigenvalue weighted by Crippen LogP contribution is 2.37. The van der Waals surface area contributed by atoms with Gasteiger partial charge in [0.05, 0.1) is 29.3 Å². The lowest BCUT2D eigenvalue weighted by molar-refractivity contribution is 0.600. The Morgan fingerprint density at radius 2 is 1.88 bits per heavy atom. The lowest BCUT2D eigenvalue weighted by Gasteiger charge is -2.26. The Labute approximate surface area is 161 Å². The fourth-order valence-electron chi connectivity index (χ4n) is 3.32. The van der Waals surface area contributed by atoms with Gasteiger partial charge in [0, 0.05) is 10.8 Å². The van der Waals surface area contributed by atoms with Crippen molar-refractivity contribution in [3.8, 4) is 0 Å². The van der Waals surface area contributed by atoms with E-state index in [9.17, 15) is 12.8 Å². The van der Waals surface area contributed by atoms with Crippen LogP contribution >= 0.6 is 23.4 Å². The smallest absolute Gasteiger partial charge is 0.164 e. The maximum Gasteiger partial charge on any atom is 0.164 e. The fraction of sp³-hybridized carbons (Fsp3) is 0.278. The first kappa shape index (κ1) is 17.8. The van der Waals surface area contributed by atoms with Crippen LogP contribution in [0.3, 0.4) is 0 Å². The van der Waals surface area contributed by atoms with Crippen LogP contribution in [-0.4, -0.2) is 37.2 Å². The Hall–Kier alpha value is -1.57. The van der Waals surface area contributed by atoms with E-state index in [1.807, 2.05) is 24.3 Å². The summed E-state index contributed by atoms with van der Waals surface area (Å²) >= 11 is 7.67. The van der Waals surface area contributed by atoms with E-state index >= 15 is 0 Å². The van der Waals surface area contributed by atoms with Gasteiger partial charge in [0.15, 0.2) is 15.0 Å². The summed E-state index contributed by atoms with van der Waals surface area (Å²) in [5, 5.41) is 1.30. The lowest BCUT2D eigenvalue weighted by Crippen LogP contribution is -2.39. The maximum atomic E-state index is 14.4. The number of para-hydroxylation sites is 1. The van der Waals surface area contributed by atoms with Crippen molar-refractivity contribution in [1.82, 2.24) is 0 Å². The van der Waals surface area contributed by atoms with Crippen molar-refractivity contribution < 1.29 is 12.8 Å². The predicted molar refractivity (Wildman–Crippen MR) is 105 cm³/mol. The molecule has 26 heavy (non-hydrogen) atoms. The van der Waals surface area contributed by atoms with Gasteiger partial charge in [-0.15, -0.1) is 0 Å². The molecule has 0 spiro atoms. The average Bonchev–Trinajstić information content (AvgIpc) is 3.06. The van der Waals surface area contributed by atoms with Crippen LogP contribution in [0, 0.1) is 5.82 Å². The van der Waals surface area contributed by atoms with Crippen molar-refractivity contribution in [1.29, 1.82) is 0 Å². The van der Waals surface area contributed by atoms with E-state index in [2.05, 4.69) is 4.99 Å². The first-order valence-corrected chi connectivity index (χ1v) is 11.3. The molecule has 0 N–H and O–H groups in total. The molecule has 0 saturated carbocycles. The van der Waals surface area contributed by atoms with Crippen LogP contribution < -0.4 is 4.90 Å². The third-order valence-corrected chi connectivity index (χ3v) is 7.62. The zero-order valence-corrected chi connectivity index (χ0v) is 16.1. The third kappa shape index (κ3) is 3.35. The number of hydrogen-bond acceptors (Lipinski definition) is 5. The minimum Gasteiger partial charge on any atom is -0.312 e. The van der Waals surface area contributed by atoms with Gasteiger partial charge in [0.2, 0.25) is 0 Å². The van der Waals surface area contributed by atoms with Crippen LogP contribution in [0.5, 0.6) is 0 Å². The summed E-state index contributed by atoms with van der Waals surface area (Å²) in [6.45, 7) is 0. The molecule has 4 rings (SSSR count). The van der Waals surface area contributed by atoms with Gasteiger partial charge in [-0.2, -0.15) is 0 Å². The molecule has 8 heteroatoms. The van der Waals surface area contributed by atoms with Crippen molar-refractivity contribution in [2.24, 2.45) is 4.99 Å². The molecular weight excluding hydrogens is 395 g/mol. The van der Waals surface area contributed by atoms with Gasteiger partial charge in [-0.1, -0.05) is 53.7 Å². The highest BCUT2D eigenvalue weighted by molar-refractivity contribution is 8.13. The van der Waals surface area contributed by atoms with Gasteiger partial charge in [-0.3, -0.25) is 4.99 Å². The summed E-state index contributed by atoms with van der Waals surface area (Å²) in [6, 6.07) is 13.2. The van der Waals surface area contributed by atoms with E-state index in [1.54, 1.807) is 23.1 Å². The molecule has 2 aliphatic rings. The molecule has 0 unspecified atom stereocenters. The van der Waals surface area contributed by atoms with Crippen LogP contribution in [0.25, 0.3) is 0 Å². The number of amidine groups is 1. The van der Waals surface area contributed by atoms with Crippen molar-refractivity contribution in [3.05, 3.63) is 64.9 Å². The second kappa shape index (κ2) is 6.87. The summed E-state index contributed by atoms with van der Waals surface area (Å²) in [6.07, 6.45) is 0. The van der Waals surface area contributed by atoms with Crippen molar-refractivity contribution in [2.45, 2.75) is 17.8 Å². The summed E-state index contributed by atoms with van der Waals surface area (Å²) < 4.78 is 38.5. The Morgan fingerprint density at radius 1 is 1.15 bits per heavy atom. The summed E-state index contributed by atoms with van der Waals surface area (Å²) in [7, 11) is -3.16. The van der Waals surface area contributed by atoms with Gasteiger partial charge >= 0.3 is 0 Å². The van der Waals surface area contributed by atoms with Gasteiger partial charge < -0.3 is 4.90 Å². The van der Waals surface area contributed by atoms with E-state index in [0.717, 1.165) is 5.56 Å². The highest BCUT2D eigenvalue weighted by Gasteiger charge is 2.47. The minimum atomic E-state index is -3.16. The number of nitrogens with zero attached hydrogens (tertiary/aromatic N) is 2. The Balaban J connectivity index is 1.65. The highest BCUT2D eigenvalue weighted by atomic mass is 35.5. The molecular formula is C18H16ClFN2O2S2. The summed E-state index contributed by atoms with van der Waals surface area (Å²) in [5.41, 5.74) is 1.32. The molecule has 2 aliphatic heterocycles. The molecule has 0 aliphatic carbocycles. The van der Waals surface area contributed by atoms with Crippen molar-refractivity contribution in [3.63, 3.8) is 0 Å². The van der Waals surface area contributed by atoms with Crippen molar-refractivity contribution in [2.75, 3.05) is 16.4 Å². The molecule has 0 radical (unpaired) electrons. The van der Waals surface area contributed by atoms with E-state index in [0.29, 0.717) is 21.6 Å². The van der Waals surface area contributed by atoms with Gasteiger partial charge in [-0.05, 0) is 23.8 Å². The molecule has 136 valence electrons. The molecule has 2 atom stereocenters. The largest absolute Gasteiger partial charge is 0.312 e. The zero-order valence-electron chi connectivity index (χ0n) is 13.7. The second-order valence-electron chi connectivity index (χ2n) is 6.32. The molecule has 4 nitrogen and oxygen atoms in total. The maximum absolute atomic E-state index is 14.4. The molecule has 0 amide bonds. The van der Waals surface area contributed by atoms with E-state index in [1.165, 1.54) is 17.8 Å². The number of anilines is 1. The van der Waals surface area contributed by atoms with Crippen LogP contribution in [0.15, 0.2) is 53.5 Å². The number of sulfone groups is 1. The third-order valence-electron chi connectivity index (χ3n) is 4.53. The number of aliphatic imine (C=N–C) groups is 1. The van der Waals surface area contributed by atoms with Crippen LogP contribution in [0.4, 0.5) is 10.1 Å². The Kier molecular flexibility index (Phi) is 4.71. The molecule has 1 saturated heterocycles. The van der Waals surface area contributed by atoms with Gasteiger partial charge in [0.25, 0.3) is 0 Å². The topological polar surface area (TPSA) is 49.7 Å². The summed E-state index contributed by atoms with van der Waals surface area (Å²) in [5.74, 6) is 0.198. The molecule has 2 aromatic carbocycles. The van der Waals surface area contributed by atoms with Crippen molar-refractivity contribution >= 4 is 44.1 Å². The molecule has 1 fully saturated rings. The Bertz CT molecular complexity index is 981. The van der Waals surface area contributed by atoms with Crippen LogP contribution in [-0.2, 0) is 15.6 Å². The second-order valence-corrected chi connectivity index (χ2v) is 9.83. The molecule has 0 bridgehead atoms. The predicted octanol–water partition coefficient (Wildman–Crippen LogP) is 3.75. The van der Waals surface area contributed by atoms with E-state index in [-0.39, 0.29) is 29.4 Å². The Morgan fingerprint density at radius 3 is 2.65 bits per heavy atom. The number of benzene rings is 2. The van der Waals surface area contributed by atoms with E-state index < -0.39 is 9.84 Å². The minimum absolute atomic E-state index is 0.00828. The summed E-state index contributed by atoms with van der Waals surface area (Å²) in [4.78, 5) is 6.35. The lowest BCUT2D eigenvalue weighted by atomic mass is 10.1. The zero-order chi connectivity index (χ0) is 18.3. The average molecular weight is 411 g/mol. The van der Waals surface area contributed by atoms with Gasteiger partial charge in [-0.25, -0.2) is 12.8 Å². The molecule has 2 aromatic rings. The van der Waals surface area contributed by atoms with E-state index in [4.69, 9.17) is 11.6 Å². The van der Waals surface area contributed by atoms with Crippen LogP contribution in [0.1, 0.15) is 5.56 Å². The number of rotatable bonds is 3. The quantitative estimate of drug-likeness (QED) is 0.773. The first-order chi connectivity index (χ1) is 12.4. The van der Waals surface area contributed by atoms with Gasteiger partial charge in [0.1, 0.15) is 5.82 Å². The monoisotopic (exact) mass is 410 g/mol. The molecule has 2 heterocycles. The number of fused-ring (bicyclic) bond motifs is 1. The standard InChI is InChI=1S/C18H16ClFN2O2S2/c19-13-6-2-1-5-12(13)9-25-18-21-15-10-26(23,24)11-17(15)22(18)16-8-4-3-7-14(16)20/h1-8,15,17H,9-11H2/t15-,17-/m1/s1. The fourth-order valence-corrected chi connectivity index (χ4v) is 6.57. The number of thioether (sulfide) groups is 1. The van der Waals surface area contributed by atoms with Crippen LogP contribution in [0.2, 0.25) is 5.02 Å². The first-order valence-electron chi connectivity index (χ1n) is 8.13. The number of hydrogen-bond donors (Lipinski definition) is 0. The normalized spacial score (nSPS) is 23.8. The molecule has 0 aromatic heterocycles. The SMILES string of the molecule is O=S1(=O)C[C@@H]2[C@@H](C1)N=C(SCc1ccccc1Cl)N2c1ccccc1F.